The highest BCUT2D eigenvalue weighted by Gasteiger charge is 2.18. The SMILES string of the molecule is O=C1CC2=C(CC=CC=C2)C1. The van der Waals surface area contributed by atoms with E-state index in [-0.39, 0.29) is 0 Å². The maximum Gasteiger partial charge on any atom is 0.141 e. The molecule has 0 spiro atoms. The number of hydrogen-bond acceptors (Lipinski definition) is 1. The zero-order chi connectivity index (χ0) is 7.68. The van der Waals surface area contributed by atoms with Gasteiger partial charge < -0.3 is 0 Å². The Morgan fingerprint density at radius 1 is 1.18 bits per heavy atom. The fourth-order valence-corrected chi connectivity index (χ4v) is 1.59. The molecule has 0 amide bonds. The van der Waals surface area contributed by atoms with Gasteiger partial charge in [0.15, 0.2) is 0 Å². The largest absolute Gasteiger partial charge is 0.299 e. The highest BCUT2D eigenvalue weighted by Crippen LogP contribution is 2.28. The number of carbonyl (C=O) groups excluding carboxylic acids is 1. The molecule has 0 aromatic rings. The normalized spacial score (nSPS) is 22.4. The topological polar surface area (TPSA) is 17.1 Å². The van der Waals surface area contributed by atoms with Gasteiger partial charge in [-0.05, 0) is 12.0 Å². The lowest BCUT2D eigenvalue weighted by molar-refractivity contribution is -0.117. The van der Waals surface area contributed by atoms with Crippen molar-refractivity contribution in [3.05, 3.63) is 35.5 Å². The first-order valence-electron chi connectivity index (χ1n) is 3.92. The molecule has 0 aromatic heterocycles. The Hall–Kier alpha value is -1.11. The summed E-state index contributed by atoms with van der Waals surface area (Å²) in [5.41, 5.74) is 2.57. The molecule has 0 fully saturated rings. The highest BCUT2D eigenvalue weighted by molar-refractivity contribution is 5.88. The smallest absolute Gasteiger partial charge is 0.141 e. The molecule has 11 heavy (non-hydrogen) atoms. The van der Waals surface area contributed by atoms with Gasteiger partial charge >= 0.3 is 0 Å². The molecule has 0 atom stereocenters. The van der Waals surface area contributed by atoms with Crippen LogP contribution in [0.5, 0.6) is 0 Å². The third-order valence-corrected chi connectivity index (χ3v) is 2.16. The molecule has 0 radical (unpaired) electrons. The van der Waals surface area contributed by atoms with Gasteiger partial charge in [0.05, 0.1) is 0 Å². The minimum atomic E-state index is 0.370. The van der Waals surface area contributed by atoms with E-state index in [1.807, 2.05) is 12.2 Å². The van der Waals surface area contributed by atoms with E-state index in [1.165, 1.54) is 11.1 Å². The molecular weight excluding hydrogens is 136 g/mol. The summed E-state index contributed by atoms with van der Waals surface area (Å²) in [6.07, 6.45) is 10.5. The second-order valence-corrected chi connectivity index (χ2v) is 3.01. The Labute approximate surface area is 66.1 Å². The van der Waals surface area contributed by atoms with Crippen LogP contribution in [0.4, 0.5) is 0 Å². The molecule has 0 aromatic carbocycles. The molecule has 56 valence electrons. The summed E-state index contributed by atoms with van der Waals surface area (Å²) in [7, 11) is 0. The van der Waals surface area contributed by atoms with Crippen LogP contribution in [-0.4, -0.2) is 5.78 Å². The average molecular weight is 146 g/mol. The van der Waals surface area contributed by atoms with Gasteiger partial charge in [0, 0.05) is 12.8 Å². The number of hydrogen-bond donors (Lipinski definition) is 0. The number of ketones is 1. The van der Waals surface area contributed by atoms with Crippen molar-refractivity contribution in [3.63, 3.8) is 0 Å². The predicted octanol–water partition coefficient (Wildman–Crippen LogP) is 2.16. The lowest BCUT2D eigenvalue weighted by Crippen LogP contribution is -1.87. The molecular formula is C10H10O. The first-order valence-corrected chi connectivity index (χ1v) is 3.92. The van der Waals surface area contributed by atoms with E-state index in [0.717, 1.165) is 6.42 Å². The van der Waals surface area contributed by atoms with Crippen LogP contribution in [-0.2, 0) is 4.79 Å². The Bertz CT molecular complexity index is 279. The van der Waals surface area contributed by atoms with Crippen molar-refractivity contribution in [2.75, 3.05) is 0 Å². The Kier molecular flexibility index (Phi) is 1.50. The minimum absolute atomic E-state index is 0.370. The lowest BCUT2D eigenvalue weighted by Gasteiger charge is -1.94. The van der Waals surface area contributed by atoms with Gasteiger partial charge in [-0.1, -0.05) is 29.9 Å². The Morgan fingerprint density at radius 2 is 2.09 bits per heavy atom. The zero-order valence-corrected chi connectivity index (χ0v) is 6.34. The average Bonchev–Trinajstić information content (AvgIpc) is 2.17. The highest BCUT2D eigenvalue weighted by atomic mass is 16.1. The minimum Gasteiger partial charge on any atom is -0.299 e. The Morgan fingerprint density at radius 3 is 3.00 bits per heavy atom. The molecule has 1 heteroatoms. The molecule has 0 N–H and O–H groups in total. The molecule has 2 aliphatic carbocycles. The third kappa shape index (κ3) is 1.18. The quantitative estimate of drug-likeness (QED) is 0.511. The van der Waals surface area contributed by atoms with Gasteiger partial charge in [-0.15, -0.1) is 0 Å². The van der Waals surface area contributed by atoms with Crippen LogP contribution in [0.25, 0.3) is 0 Å². The van der Waals surface area contributed by atoms with Gasteiger partial charge in [-0.2, -0.15) is 0 Å². The van der Waals surface area contributed by atoms with E-state index in [9.17, 15) is 4.79 Å². The van der Waals surface area contributed by atoms with E-state index in [2.05, 4.69) is 12.2 Å². The standard InChI is InChI=1S/C10H10O/c11-10-6-8-4-2-1-3-5-9(8)7-10/h1-4H,5-7H2. The third-order valence-electron chi connectivity index (χ3n) is 2.16. The van der Waals surface area contributed by atoms with Crippen molar-refractivity contribution in [3.8, 4) is 0 Å². The summed E-state index contributed by atoms with van der Waals surface area (Å²) in [5, 5.41) is 0. The van der Waals surface area contributed by atoms with Crippen LogP contribution in [0.3, 0.4) is 0 Å². The van der Waals surface area contributed by atoms with Crippen LogP contribution in [0.1, 0.15) is 19.3 Å². The van der Waals surface area contributed by atoms with E-state index in [0.29, 0.717) is 18.6 Å². The molecule has 0 unspecified atom stereocenters. The van der Waals surface area contributed by atoms with Crippen molar-refractivity contribution in [1.82, 2.24) is 0 Å². The molecule has 0 saturated carbocycles. The number of allylic oxidation sites excluding steroid dienone is 6. The van der Waals surface area contributed by atoms with Crippen molar-refractivity contribution in [2.24, 2.45) is 0 Å². The van der Waals surface area contributed by atoms with Crippen molar-refractivity contribution in [2.45, 2.75) is 19.3 Å². The fourth-order valence-electron chi connectivity index (χ4n) is 1.59. The Balaban J connectivity index is 2.30. The maximum atomic E-state index is 11.0. The van der Waals surface area contributed by atoms with E-state index >= 15 is 0 Å². The molecule has 0 saturated heterocycles. The number of rotatable bonds is 0. The monoisotopic (exact) mass is 146 g/mol. The molecule has 1 nitrogen and oxygen atoms in total. The van der Waals surface area contributed by atoms with Crippen molar-refractivity contribution < 1.29 is 4.79 Å². The van der Waals surface area contributed by atoms with Gasteiger partial charge in [0.2, 0.25) is 0 Å². The number of carbonyl (C=O) groups is 1. The van der Waals surface area contributed by atoms with E-state index < -0.39 is 0 Å². The summed E-state index contributed by atoms with van der Waals surface area (Å²) < 4.78 is 0. The maximum absolute atomic E-state index is 11.0. The van der Waals surface area contributed by atoms with E-state index in [4.69, 9.17) is 0 Å². The van der Waals surface area contributed by atoms with Crippen molar-refractivity contribution >= 4 is 5.78 Å². The van der Waals surface area contributed by atoms with Gasteiger partial charge in [0.1, 0.15) is 5.78 Å². The molecule has 0 aliphatic heterocycles. The summed E-state index contributed by atoms with van der Waals surface area (Å²) >= 11 is 0. The number of Topliss-reactive ketones (excluding diaryl/α,β-unsaturated/α-hetero) is 1. The van der Waals surface area contributed by atoms with Crippen LogP contribution >= 0.6 is 0 Å². The second-order valence-electron chi connectivity index (χ2n) is 3.01. The fraction of sp³-hybridized carbons (Fsp3) is 0.300. The molecule has 0 bridgehead atoms. The van der Waals surface area contributed by atoms with Crippen LogP contribution in [0.15, 0.2) is 35.5 Å². The summed E-state index contributed by atoms with van der Waals surface area (Å²) in [5.74, 6) is 0.370. The van der Waals surface area contributed by atoms with Crippen LogP contribution < -0.4 is 0 Å². The second kappa shape index (κ2) is 2.50. The van der Waals surface area contributed by atoms with Crippen LogP contribution in [0.2, 0.25) is 0 Å². The summed E-state index contributed by atoms with van der Waals surface area (Å²) in [4.78, 5) is 11.0. The summed E-state index contributed by atoms with van der Waals surface area (Å²) in [6, 6.07) is 0. The lowest BCUT2D eigenvalue weighted by atomic mass is 10.1. The van der Waals surface area contributed by atoms with E-state index in [1.54, 1.807) is 0 Å². The molecule has 2 rings (SSSR count). The summed E-state index contributed by atoms with van der Waals surface area (Å²) in [6.45, 7) is 0. The zero-order valence-electron chi connectivity index (χ0n) is 6.34. The van der Waals surface area contributed by atoms with Gasteiger partial charge in [-0.25, -0.2) is 0 Å². The molecule has 2 aliphatic rings. The van der Waals surface area contributed by atoms with Gasteiger partial charge in [-0.3, -0.25) is 4.79 Å². The first kappa shape index (κ1) is 6.59. The van der Waals surface area contributed by atoms with Gasteiger partial charge in [0.25, 0.3) is 0 Å². The first-order chi connectivity index (χ1) is 5.36. The molecule has 0 heterocycles. The van der Waals surface area contributed by atoms with Crippen molar-refractivity contribution in [1.29, 1.82) is 0 Å². The van der Waals surface area contributed by atoms with Crippen LogP contribution in [0, 0.1) is 0 Å². The predicted molar refractivity (Wildman–Crippen MR) is 44.2 cm³/mol.